The number of nitrogens with two attached hydrogens (primary N) is 1. The summed E-state index contributed by atoms with van der Waals surface area (Å²) in [5.41, 5.74) is 7.70. The first kappa shape index (κ1) is 18.5. The maximum atomic E-state index is 12.4. The summed E-state index contributed by atoms with van der Waals surface area (Å²) < 4.78 is 6.58. The van der Waals surface area contributed by atoms with E-state index in [1.807, 2.05) is 0 Å². The lowest BCUT2D eigenvalue weighted by Gasteiger charge is -2.35. The van der Waals surface area contributed by atoms with Gasteiger partial charge in [0.05, 0.1) is 5.52 Å². The van der Waals surface area contributed by atoms with Gasteiger partial charge < -0.3 is 15.5 Å². The number of anilines is 1. The second-order valence-electron chi connectivity index (χ2n) is 6.60. The normalized spacial score (nSPS) is 16.6. The molecule has 1 aromatic heterocycles. The molecular weight excluding hydrogens is 330 g/mol. The predicted octanol–water partition coefficient (Wildman–Crippen LogP) is 2.79. The molecule has 6 nitrogen and oxygen atoms in total. The number of oxazole rings is 1. The van der Waals surface area contributed by atoms with Gasteiger partial charge in [0.2, 0.25) is 5.91 Å². The summed E-state index contributed by atoms with van der Waals surface area (Å²) in [5, 5.41) is 2.90. The fourth-order valence-corrected chi connectivity index (χ4v) is 3.51. The lowest BCUT2D eigenvalue weighted by molar-refractivity contribution is -0.118. The van der Waals surface area contributed by atoms with Crippen molar-refractivity contribution in [2.75, 3.05) is 11.9 Å². The third kappa shape index (κ3) is 3.65. The molecule has 1 aromatic carbocycles. The lowest BCUT2D eigenvalue weighted by atomic mass is 9.71. The van der Waals surface area contributed by atoms with Crippen LogP contribution in [0.25, 0.3) is 11.1 Å². The average Bonchev–Trinajstić information content (AvgIpc) is 2.82. The number of carbonyl (C=O) groups is 1. The first-order valence-electron chi connectivity index (χ1n) is 8.12. The highest BCUT2D eigenvalue weighted by Crippen LogP contribution is 2.38. The molecular formula is C17H24ClN3O3. The minimum absolute atomic E-state index is 0. The zero-order chi connectivity index (χ0) is 16.4. The van der Waals surface area contributed by atoms with E-state index in [4.69, 9.17) is 10.2 Å². The molecule has 0 bridgehead atoms. The summed E-state index contributed by atoms with van der Waals surface area (Å²) in [6.07, 6.45) is 6.00. The smallest absolute Gasteiger partial charge is 0.408 e. The zero-order valence-electron chi connectivity index (χ0n) is 13.8. The Kier molecular flexibility index (Phi) is 5.72. The number of benzene rings is 1. The van der Waals surface area contributed by atoms with E-state index < -0.39 is 5.76 Å². The molecule has 1 heterocycles. The number of nitrogens with zero attached hydrogens (tertiary/aromatic N) is 1. The van der Waals surface area contributed by atoms with Gasteiger partial charge in [-0.15, -0.1) is 12.4 Å². The molecule has 0 radical (unpaired) electrons. The van der Waals surface area contributed by atoms with E-state index >= 15 is 0 Å². The van der Waals surface area contributed by atoms with Crippen LogP contribution in [-0.4, -0.2) is 17.0 Å². The molecule has 7 heteroatoms. The topological polar surface area (TPSA) is 90.3 Å². The van der Waals surface area contributed by atoms with Gasteiger partial charge in [-0.3, -0.25) is 9.36 Å². The molecule has 1 aliphatic rings. The Morgan fingerprint density at radius 2 is 2.04 bits per heavy atom. The summed E-state index contributed by atoms with van der Waals surface area (Å²) >= 11 is 0. The van der Waals surface area contributed by atoms with Crippen molar-refractivity contribution in [1.82, 2.24) is 4.57 Å². The van der Waals surface area contributed by atoms with Crippen LogP contribution in [0, 0.1) is 5.41 Å². The summed E-state index contributed by atoms with van der Waals surface area (Å²) in [6, 6.07) is 5.24. The number of aromatic nitrogens is 1. The zero-order valence-corrected chi connectivity index (χ0v) is 14.7. The second kappa shape index (κ2) is 7.40. The summed E-state index contributed by atoms with van der Waals surface area (Å²) in [6.45, 7) is 0.549. The molecule has 132 valence electrons. The number of rotatable bonds is 4. The van der Waals surface area contributed by atoms with Crippen LogP contribution in [-0.2, 0) is 11.8 Å². The predicted molar refractivity (Wildman–Crippen MR) is 96.5 cm³/mol. The third-order valence-corrected chi connectivity index (χ3v) is 4.96. The number of carbonyl (C=O) groups excluding carboxylic acids is 1. The second-order valence-corrected chi connectivity index (χ2v) is 6.60. The fourth-order valence-electron chi connectivity index (χ4n) is 3.51. The van der Waals surface area contributed by atoms with E-state index in [1.54, 1.807) is 25.2 Å². The van der Waals surface area contributed by atoms with Crippen LogP contribution in [0.3, 0.4) is 0 Å². The maximum absolute atomic E-state index is 12.4. The Morgan fingerprint density at radius 1 is 1.33 bits per heavy atom. The highest BCUT2D eigenvalue weighted by atomic mass is 35.5. The van der Waals surface area contributed by atoms with Gasteiger partial charge in [0, 0.05) is 25.2 Å². The van der Waals surface area contributed by atoms with Crippen LogP contribution in [0.2, 0.25) is 0 Å². The molecule has 0 spiro atoms. The molecule has 24 heavy (non-hydrogen) atoms. The molecule has 0 saturated heterocycles. The van der Waals surface area contributed by atoms with Gasteiger partial charge >= 0.3 is 5.76 Å². The van der Waals surface area contributed by atoms with Crippen LogP contribution in [0.1, 0.15) is 38.5 Å². The number of fused-ring (bicyclic) bond motifs is 1. The highest BCUT2D eigenvalue weighted by molar-refractivity contribution is 5.93. The van der Waals surface area contributed by atoms with E-state index in [-0.39, 0.29) is 23.7 Å². The Morgan fingerprint density at radius 3 is 2.71 bits per heavy atom. The number of aryl methyl sites for hydroxylation is 1. The van der Waals surface area contributed by atoms with E-state index in [0.29, 0.717) is 29.8 Å². The molecule has 3 rings (SSSR count). The third-order valence-electron chi connectivity index (χ3n) is 4.96. The quantitative estimate of drug-likeness (QED) is 0.884. The van der Waals surface area contributed by atoms with Crippen LogP contribution in [0.15, 0.2) is 27.4 Å². The molecule has 1 saturated carbocycles. The summed E-state index contributed by atoms with van der Waals surface area (Å²) in [4.78, 5) is 23.9. The van der Waals surface area contributed by atoms with E-state index in [1.165, 1.54) is 11.0 Å². The number of nitrogens with one attached hydrogen (secondary N) is 1. The van der Waals surface area contributed by atoms with Crippen molar-refractivity contribution in [1.29, 1.82) is 0 Å². The Balaban J connectivity index is 0.00000208. The monoisotopic (exact) mass is 353 g/mol. The van der Waals surface area contributed by atoms with Gasteiger partial charge in [-0.05, 0) is 36.9 Å². The van der Waals surface area contributed by atoms with Crippen molar-refractivity contribution in [2.45, 2.75) is 38.5 Å². The minimum atomic E-state index is -0.409. The van der Waals surface area contributed by atoms with Crippen LogP contribution in [0.5, 0.6) is 0 Å². The van der Waals surface area contributed by atoms with Gasteiger partial charge in [0.1, 0.15) is 0 Å². The first-order chi connectivity index (χ1) is 11.0. The van der Waals surface area contributed by atoms with Gasteiger partial charge in [0.25, 0.3) is 0 Å². The molecule has 0 atom stereocenters. The molecule has 3 N–H and O–H groups in total. The number of halogens is 1. The molecule has 1 fully saturated rings. The lowest BCUT2D eigenvalue weighted by Crippen LogP contribution is -2.36. The van der Waals surface area contributed by atoms with Crippen molar-refractivity contribution in [3.8, 4) is 0 Å². The van der Waals surface area contributed by atoms with Gasteiger partial charge in [0.15, 0.2) is 5.58 Å². The molecule has 0 aliphatic heterocycles. The Bertz CT molecular complexity index is 775. The van der Waals surface area contributed by atoms with Crippen LogP contribution < -0.4 is 16.8 Å². The van der Waals surface area contributed by atoms with Crippen molar-refractivity contribution in [3.63, 3.8) is 0 Å². The van der Waals surface area contributed by atoms with Crippen molar-refractivity contribution in [2.24, 2.45) is 18.2 Å². The van der Waals surface area contributed by atoms with Crippen LogP contribution >= 0.6 is 12.4 Å². The standard InChI is InChI=1S/C17H23N3O3.ClH/c1-20-13-6-5-12(9-14(13)23-16(20)22)19-15(21)10-17(11-18)7-3-2-4-8-17;/h5-6,9H,2-4,7-8,10-11,18H2,1H3,(H,19,21);1H. The van der Waals surface area contributed by atoms with E-state index in [0.717, 1.165) is 25.7 Å². The summed E-state index contributed by atoms with van der Waals surface area (Å²) in [7, 11) is 1.65. The SMILES string of the molecule is Cl.Cn1c(=O)oc2cc(NC(=O)CC3(CN)CCCCC3)ccc21. The highest BCUT2D eigenvalue weighted by Gasteiger charge is 2.32. The van der Waals surface area contributed by atoms with Crippen LogP contribution in [0.4, 0.5) is 5.69 Å². The Hall–Kier alpha value is -1.79. The molecule has 1 aliphatic carbocycles. The minimum Gasteiger partial charge on any atom is -0.408 e. The summed E-state index contributed by atoms with van der Waals surface area (Å²) in [5.74, 6) is -0.442. The molecule has 1 amide bonds. The number of amides is 1. The maximum Gasteiger partial charge on any atom is 0.419 e. The van der Waals surface area contributed by atoms with Crippen molar-refractivity contribution >= 4 is 35.1 Å². The molecule has 0 unspecified atom stereocenters. The number of hydrogen-bond acceptors (Lipinski definition) is 4. The number of hydrogen-bond donors (Lipinski definition) is 2. The average molecular weight is 354 g/mol. The largest absolute Gasteiger partial charge is 0.419 e. The fraction of sp³-hybridized carbons (Fsp3) is 0.529. The van der Waals surface area contributed by atoms with E-state index in [2.05, 4.69) is 5.32 Å². The van der Waals surface area contributed by atoms with Gasteiger partial charge in [-0.1, -0.05) is 19.3 Å². The van der Waals surface area contributed by atoms with Gasteiger partial charge in [-0.2, -0.15) is 0 Å². The van der Waals surface area contributed by atoms with Crippen molar-refractivity contribution in [3.05, 3.63) is 28.7 Å². The van der Waals surface area contributed by atoms with Gasteiger partial charge in [-0.25, -0.2) is 4.79 Å². The van der Waals surface area contributed by atoms with E-state index in [9.17, 15) is 9.59 Å². The van der Waals surface area contributed by atoms with Crippen molar-refractivity contribution < 1.29 is 9.21 Å². The first-order valence-corrected chi connectivity index (χ1v) is 8.12. The Labute approximate surface area is 146 Å². The molecule has 2 aromatic rings.